The van der Waals surface area contributed by atoms with E-state index in [-0.39, 0.29) is 0 Å². The first-order valence-corrected chi connectivity index (χ1v) is 7.24. The van der Waals surface area contributed by atoms with Crippen molar-refractivity contribution in [2.75, 3.05) is 19.8 Å². The Morgan fingerprint density at radius 2 is 2.00 bits per heavy atom. The molecule has 1 aromatic carbocycles. The number of hydrogen-bond donors (Lipinski definition) is 1. The number of halogens is 1. The van der Waals surface area contributed by atoms with Crippen LogP contribution in [0.5, 0.6) is 5.75 Å². The van der Waals surface area contributed by atoms with Gasteiger partial charge in [0.25, 0.3) is 0 Å². The van der Waals surface area contributed by atoms with E-state index < -0.39 is 0 Å². The van der Waals surface area contributed by atoms with E-state index in [2.05, 4.69) is 26.1 Å². The molecule has 0 radical (unpaired) electrons. The zero-order chi connectivity index (χ0) is 14.1. The summed E-state index contributed by atoms with van der Waals surface area (Å²) in [7, 11) is 0. The molecule has 0 saturated carbocycles. The van der Waals surface area contributed by atoms with E-state index in [9.17, 15) is 0 Å². The molecule has 3 nitrogen and oxygen atoms in total. The van der Waals surface area contributed by atoms with Crippen molar-refractivity contribution >= 4 is 11.6 Å². The maximum absolute atomic E-state index is 6.19. The smallest absolute Gasteiger partial charge is 0.142 e. The molecule has 1 aromatic rings. The van der Waals surface area contributed by atoms with Crippen molar-refractivity contribution in [3.8, 4) is 5.75 Å². The molecule has 19 heavy (non-hydrogen) atoms. The summed E-state index contributed by atoms with van der Waals surface area (Å²) in [5.74, 6) is 0.761. The van der Waals surface area contributed by atoms with E-state index in [0.717, 1.165) is 30.9 Å². The monoisotopic (exact) mass is 285 g/mol. The molecule has 0 aliphatic rings. The van der Waals surface area contributed by atoms with Crippen molar-refractivity contribution in [2.45, 2.75) is 39.8 Å². The molecule has 0 atom stereocenters. The van der Waals surface area contributed by atoms with Gasteiger partial charge in [-0.05, 0) is 12.5 Å². The van der Waals surface area contributed by atoms with Gasteiger partial charge in [-0.25, -0.2) is 0 Å². The SMILES string of the molecule is CCCOCCOc1c(Cl)cccc1CNC(C)C. The van der Waals surface area contributed by atoms with Gasteiger partial charge in [0.05, 0.1) is 11.6 Å². The van der Waals surface area contributed by atoms with E-state index in [0.29, 0.717) is 24.3 Å². The number of nitrogens with one attached hydrogen (secondary N) is 1. The molecule has 1 N–H and O–H groups in total. The molecule has 0 aliphatic carbocycles. The topological polar surface area (TPSA) is 30.5 Å². The first kappa shape index (κ1) is 16.3. The molecule has 0 amide bonds. The zero-order valence-electron chi connectivity index (χ0n) is 12.0. The van der Waals surface area contributed by atoms with Crippen molar-refractivity contribution in [1.29, 1.82) is 0 Å². The highest BCUT2D eigenvalue weighted by Gasteiger charge is 2.08. The standard InChI is InChI=1S/C15H24ClNO2/c1-4-8-18-9-10-19-15-13(11-17-12(2)3)6-5-7-14(15)16/h5-7,12,17H,4,8-11H2,1-3H3. The Balaban J connectivity index is 2.54. The molecule has 0 spiro atoms. The molecule has 1 rings (SSSR count). The summed E-state index contributed by atoms with van der Waals surface area (Å²) in [6.07, 6.45) is 1.02. The predicted octanol–water partition coefficient (Wildman–Crippen LogP) is 3.64. The normalized spacial score (nSPS) is 11.0. The zero-order valence-corrected chi connectivity index (χ0v) is 12.8. The Kier molecular flexibility index (Phi) is 7.87. The van der Waals surface area contributed by atoms with E-state index in [1.165, 1.54) is 0 Å². The summed E-state index contributed by atoms with van der Waals surface area (Å²) in [5.41, 5.74) is 1.08. The van der Waals surface area contributed by atoms with Gasteiger partial charge in [-0.15, -0.1) is 0 Å². The van der Waals surface area contributed by atoms with Crippen LogP contribution in [-0.4, -0.2) is 25.9 Å². The lowest BCUT2D eigenvalue weighted by Gasteiger charge is -2.15. The molecule has 0 unspecified atom stereocenters. The van der Waals surface area contributed by atoms with Gasteiger partial charge >= 0.3 is 0 Å². The largest absolute Gasteiger partial charge is 0.489 e. The summed E-state index contributed by atoms with van der Waals surface area (Å²) in [4.78, 5) is 0. The maximum Gasteiger partial charge on any atom is 0.142 e. The second-order valence-corrected chi connectivity index (χ2v) is 5.13. The van der Waals surface area contributed by atoms with Crippen molar-refractivity contribution in [3.05, 3.63) is 28.8 Å². The Labute approximate surface area is 121 Å². The minimum absolute atomic E-state index is 0.430. The molecular formula is C15H24ClNO2. The first-order chi connectivity index (χ1) is 9.15. The Morgan fingerprint density at radius 1 is 1.21 bits per heavy atom. The second-order valence-electron chi connectivity index (χ2n) is 4.72. The summed E-state index contributed by atoms with van der Waals surface area (Å²) < 4.78 is 11.1. The number of hydrogen-bond acceptors (Lipinski definition) is 3. The van der Waals surface area contributed by atoms with Gasteiger partial charge in [0.2, 0.25) is 0 Å². The molecule has 4 heteroatoms. The van der Waals surface area contributed by atoms with Crippen LogP contribution < -0.4 is 10.1 Å². The average Bonchev–Trinajstić information content (AvgIpc) is 2.38. The summed E-state index contributed by atoms with van der Waals surface area (Å²) in [5, 5.41) is 4.02. The lowest BCUT2D eigenvalue weighted by Crippen LogP contribution is -2.22. The summed E-state index contributed by atoms with van der Waals surface area (Å²) in [6, 6.07) is 6.26. The fourth-order valence-electron chi connectivity index (χ4n) is 1.62. The number of benzene rings is 1. The van der Waals surface area contributed by atoms with Crippen LogP contribution in [0.3, 0.4) is 0 Å². The van der Waals surface area contributed by atoms with Crippen molar-refractivity contribution in [2.24, 2.45) is 0 Å². The van der Waals surface area contributed by atoms with Crippen molar-refractivity contribution in [1.82, 2.24) is 5.32 Å². The van der Waals surface area contributed by atoms with Crippen molar-refractivity contribution < 1.29 is 9.47 Å². The van der Waals surface area contributed by atoms with Gasteiger partial charge < -0.3 is 14.8 Å². The molecular weight excluding hydrogens is 262 g/mol. The number of para-hydroxylation sites is 1. The second kappa shape index (κ2) is 9.18. The molecule has 0 heterocycles. The Bertz CT molecular complexity index is 369. The highest BCUT2D eigenvalue weighted by molar-refractivity contribution is 6.32. The van der Waals surface area contributed by atoms with Crippen LogP contribution >= 0.6 is 11.6 Å². The average molecular weight is 286 g/mol. The molecule has 0 aliphatic heterocycles. The lowest BCUT2D eigenvalue weighted by molar-refractivity contribution is 0.100. The lowest BCUT2D eigenvalue weighted by atomic mass is 10.2. The molecule has 0 saturated heterocycles. The van der Waals surface area contributed by atoms with Crippen LogP contribution in [0.1, 0.15) is 32.8 Å². The van der Waals surface area contributed by atoms with Gasteiger partial charge in [-0.2, -0.15) is 0 Å². The van der Waals surface area contributed by atoms with Crippen LogP contribution in [0, 0.1) is 0 Å². The summed E-state index contributed by atoms with van der Waals surface area (Å²) >= 11 is 6.19. The van der Waals surface area contributed by atoms with E-state index in [1.54, 1.807) is 0 Å². The van der Waals surface area contributed by atoms with E-state index in [1.807, 2.05) is 18.2 Å². The van der Waals surface area contributed by atoms with E-state index in [4.69, 9.17) is 21.1 Å². The van der Waals surface area contributed by atoms with Crippen LogP contribution in [0.25, 0.3) is 0 Å². The minimum atomic E-state index is 0.430. The van der Waals surface area contributed by atoms with Crippen LogP contribution in [0.15, 0.2) is 18.2 Å². The molecule has 0 aromatic heterocycles. The summed E-state index contributed by atoms with van der Waals surface area (Å²) in [6.45, 7) is 8.96. The number of rotatable bonds is 9. The fraction of sp³-hybridized carbons (Fsp3) is 0.600. The first-order valence-electron chi connectivity index (χ1n) is 6.86. The maximum atomic E-state index is 6.19. The third kappa shape index (κ3) is 6.28. The Morgan fingerprint density at radius 3 is 2.68 bits per heavy atom. The molecule has 108 valence electrons. The third-order valence-electron chi connectivity index (χ3n) is 2.57. The fourth-order valence-corrected chi connectivity index (χ4v) is 1.87. The third-order valence-corrected chi connectivity index (χ3v) is 2.87. The highest BCUT2D eigenvalue weighted by atomic mass is 35.5. The Hall–Kier alpha value is -0.770. The number of ether oxygens (including phenoxy) is 2. The predicted molar refractivity (Wildman–Crippen MR) is 80.0 cm³/mol. The van der Waals surface area contributed by atoms with Crippen LogP contribution in [0.2, 0.25) is 5.02 Å². The molecule has 0 fully saturated rings. The van der Waals surface area contributed by atoms with Crippen LogP contribution in [0.4, 0.5) is 0 Å². The molecule has 0 bridgehead atoms. The van der Waals surface area contributed by atoms with Gasteiger partial charge in [0.1, 0.15) is 12.4 Å². The van der Waals surface area contributed by atoms with Gasteiger partial charge in [0.15, 0.2) is 0 Å². The quantitative estimate of drug-likeness (QED) is 0.703. The van der Waals surface area contributed by atoms with E-state index >= 15 is 0 Å². The van der Waals surface area contributed by atoms with Crippen molar-refractivity contribution in [3.63, 3.8) is 0 Å². The van der Waals surface area contributed by atoms with Gasteiger partial charge in [-0.1, -0.05) is 44.5 Å². The highest BCUT2D eigenvalue weighted by Crippen LogP contribution is 2.28. The van der Waals surface area contributed by atoms with Crippen LogP contribution in [-0.2, 0) is 11.3 Å². The van der Waals surface area contributed by atoms with Gasteiger partial charge in [0, 0.05) is 24.8 Å². The van der Waals surface area contributed by atoms with Gasteiger partial charge in [-0.3, -0.25) is 0 Å². The minimum Gasteiger partial charge on any atom is -0.489 e.